The molecule has 3 rings (SSSR count). The van der Waals surface area contributed by atoms with Crippen LogP contribution in [0, 0.1) is 5.92 Å². The Morgan fingerprint density at radius 3 is 2.79 bits per heavy atom. The molecule has 134 valence electrons. The Kier molecular flexibility index (Phi) is 5.43. The smallest absolute Gasteiger partial charge is 0.191 e. The van der Waals surface area contributed by atoms with Crippen molar-refractivity contribution in [1.82, 2.24) is 20.4 Å². The first kappa shape index (κ1) is 17.3. The Hall–Kier alpha value is -1.57. The number of hydrogen-bond acceptors (Lipinski definition) is 4. The van der Waals surface area contributed by atoms with E-state index in [1.54, 1.807) is 4.68 Å². The predicted molar refractivity (Wildman–Crippen MR) is 94.5 cm³/mol. The summed E-state index contributed by atoms with van der Waals surface area (Å²) in [7, 11) is -0.939. The van der Waals surface area contributed by atoms with Crippen LogP contribution in [0.1, 0.15) is 37.8 Å². The molecule has 1 atom stereocenters. The molecule has 0 radical (unpaired) electrons. The SMILES string of the molecule is Cn1ccc(CN=C(NCC2CCS(=O)(=O)C2)NC2CCCC2)n1. The van der Waals surface area contributed by atoms with Crippen molar-refractivity contribution in [2.75, 3.05) is 18.1 Å². The van der Waals surface area contributed by atoms with E-state index >= 15 is 0 Å². The lowest BCUT2D eigenvalue weighted by Crippen LogP contribution is -2.44. The molecule has 2 fully saturated rings. The third-order valence-electron chi connectivity index (χ3n) is 4.75. The molecule has 1 aromatic heterocycles. The highest BCUT2D eigenvalue weighted by Crippen LogP contribution is 2.18. The van der Waals surface area contributed by atoms with E-state index in [0.29, 0.717) is 24.9 Å². The number of nitrogens with one attached hydrogen (secondary N) is 2. The van der Waals surface area contributed by atoms with Crippen molar-refractivity contribution in [2.24, 2.45) is 18.0 Å². The predicted octanol–water partition coefficient (Wildman–Crippen LogP) is 0.833. The second-order valence-electron chi connectivity index (χ2n) is 6.92. The van der Waals surface area contributed by atoms with Crippen molar-refractivity contribution < 1.29 is 8.42 Å². The van der Waals surface area contributed by atoms with E-state index in [1.165, 1.54) is 25.7 Å². The average molecular weight is 353 g/mol. The van der Waals surface area contributed by atoms with Gasteiger partial charge in [0.1, 0.15) is 0 Å². The first-order valence-corrected chi connectivity index (χ1v) is 10.6. The maximum absolute atomic E-state index is 11.6. The Labute approximate surface area is 143 Å². The summed E-state index contributed by atoms with van der Waals surface area (Å²) in [5.41, 5.74) is 0.925. The number of sulfone groups is 1. The summed E-state index contributed by atoms with van der Waals surface area (Å²) in [4.78, 5) is 4.64. The van der Waals surface area contributed by atoms with Crippen molar-refractivity contribution in [3.8, 4) is 0 Å². The quantitative estimate of drug-likeness (QED) is 0.605. The second kappa shape index (κ2) is 7.55. The summed E-state index contributed by atoms with van der Waals surface area (Å²) in [5.74, 6) is 1.56. The third kappa shape index (κ3) is 4.96. The Balaban J connectivity index is 1.58. The van der Waals surface area contributed by atoms with Gasteiger partial charge in [-0.3, -0.25) is 4.68 Å². The average Bonchev–Trinajstić information content (AvgIpc) is 3.24. The van der Waals surface area contributed by atoms with Crippen molar-refractivity contribution in [3.05, 3.63) is 18.0 Å². The van der Waals surface area contributed by atoms with Gasteiger partial charge < -0.3 is 10.6 Å². The topological polar surface area (TPSA) is 88.4 Å². The van der Waals surface area contributed by atoms with Gasteiger partial charge in [-0.2, -0.15) is 5.10 Å². The molecule has 2 aliphatic rings. The minimum atomic E-state index is -2.83. The molecular weight excluding hydrogens is 326 g/mol. The fourth-order valence-electron chi connectivity index (χ4n) is 3.40. The molecule has 1 aliphatic heterocycles. The van der Waals surface area contributed by atoms with Gasteiger partial charge in [-0.1, -0.05) is 12.8 Å². The summed E-state index contributed by atoms with van der Waals surface area (Å²) in [6, 6.07) is 2.42. The van der Waals surface area contributed by atoms with Crippen LogP contribution in [0.2, 0.25) is 0 Å². The fourth-order valence-corrected chi connectivity index (χ4v) is 5.26. The van der Waals surface area contributed by atoms with Gasteiger partial charge in [-0.25, -0.2) is 13.4 Å². The molecule has 24 heavy (non-hydrogen) atoms. The van der Waals surface area contributed by atoms with Gasteiger partial charge in [-0.05, 0) is 31.2 Å². The zero-order valence-corrected chi connectivity index (χ0v) is 15.1. The molecule has 0 amide bonds. The van der Waals surface area contributed by atoms with E-state index in [9.17, 15) is 8.42 Å². The van der Waals surface area contributed by atoms with Crippen molar-refractivity contribution >= 4 is 15.8 Å². The second-order valence-corrected chi connectivity index (χ2v) is 9.15. The number of hydrogen-bond donors (Lipinski definition) is 2. The number of rotatable bonds is 5. The lowest BCUT2D eigenvalue weighted by molar-refractivity contribution is 0.553. The number of aryl methyl sites for hydroxylation is 1. The summed E-state index contributed by atoms with van der Waals surface area (Å²) in [6.45, 7) is 1.17. The maximum atomic E-state index is 11.6. The van der Waals surface area contributed by atoms with Gasteiger partial charge >= 0.3 is 0 Å². The molecule has 2 N–H and O–H groups in total. The fraction of sp³-hybridized carbons (Fsp3) is 0.750. The number of guanidine groups is 1. The van der Waals surface area contributed by atoms with Crippen LogP contribution >= 0.6 is 0 Å². The first-order chi connectivity index (χ1) is 11.5. The summed E-state index contributed by atoms with van der Waals surface area (Å²) in [5, 5.41) is 11.2. The highest BCUT2D eigenvalue weighted by atomic mass is 32.2. The number of aromatic nitrogens is 2. The molecule has 2 heterocycles. The number of aliphatic imine (C=N–C) groups is 1. The monoisotopic (exact) mass is 353 g/mol. The van der Waals surface area contributed by atoms with Crippen LogP contribution in [0.4, 0.5) is 0 Å². The van der Waals surface area contributed by atoms with Gasteiger partial charge in [0, 0.05) is 25.8 Å². The zero-order valence-electron chi connectivity index (χ0n) is 14.2. The van der Waals surface area contributed by atoms with Gasteiger partial charge in [0.05, 0.1) is 23.7 Å². The molecule has 1 aliphatic carbocycles. The Morgan fingerprint density at radius 1 is 1.38 bits per heavy atom. The van der Waals surface area contributed by atoms with E-state index in [4.69, 9.17) is 0 Å². The van der Waals surface area contributed by atoms with E-state index in [0.717, 1.165) is 18.1 Å². The number of nitrogens with zero attached hydrogens (tertiary/aromatic N) is 3. The molecule has 0 aromatic carbocycles. The molecule has 7 nitrogen and oxygen atoms in total. The van der Waals surface area contributed by atoms with Crippen molar-refractivity contribution in [2.45, 2.75) is 44.7 Å². The van der Waals surface area contributed by atoms with Crippen LogP contribution in [0.3, 0.4) is 0 Å². The largest absolute Gasteiger partial charge is 0.356 e. The third-order valence-corrected chi connectivity index (χ3v) is 6.59. The minimum Gasteiger partial charge on any atom is -0.356 e. The van der Waals surface area contributed by atoms with Crippen LogP contribution in [-0.2, 0) is 23.4 Å². The minimum absolute atomic E-state index is 0.181. The molecule has 8 heteroatoms. The van der Waals surface area contributed by atoms with Crippen LogP contribution in [0.15, 0.2) is 17.3 Å². The van der Waals surface area contributed by atoms with E-state index in [1.807, 2.05) is 19.3 Å². The van der Waals surface area contributed by atoms with E-state index in [2.05, 4.69) is 20.7 Å². The van der Waals surface area contributed by atoms with Gasteiger partial charge in [0.15, 0.2) is 15.8 Å². The molecule has 1 saturated carbocycles. The Morgan fingerprint density at radius 2 is 2.17 bits per heavy atom. The summed E-state index contributed by atoms with van der Waals surface area (Å²) < 4.78 is 25.0. The lowest BCUT2D eigenvalue weighted by Gasteiger charge is -2.19. The van der Waals surface area contributed by atoms with Crippen molar-refractivity contribution in [3.63, 3.8) is 0 Å². The summed E-state index contributed by atoms with van der Waals surface area (Å²) >= 11 is 0. The molecule has 0 bridgehead atoms. The zero-order chi connectivity index (χ0) is 17.0. The molecule has 0 spiro atoms. The van der Waals surface area contributed by atoms with Crippen LogP contribution in [0.25, 0.3) is 0 Å². The van der Waals surface area contributed by atoms with Gasteiger partial charge in [0.2, 0.25) is 0 Å². The molecular formula is C16H27N5O2S. The molecule has 1 saturated heterocycles. The lowest BCUT2D eigenvalue weighted by atomic mass is 10.1. The van der Waals surface area contributed by atoms with E-state index in [-0.39, 0.29) is 11.7 Å². The standard InChI is InChI=1S/C16H27N5O2S/c1-21-8-6-15(20-21)11-18-16(19-14-4-2-3-5-14)17-10-13-7-9-24(22,23)12-13/h6,8,13-14H,2-5,7,9-12H2,1H3,(H2,17,18,19). The van der Waals surface area contributed by atoms with Crippen molar-refractivity contribution in [1.29, 1.82) is 0 Å². The van der Waals surface area contributed by atoms with E-state index < -0.39 is 9.84 Å². The molecule has 1 aromatic rings. The molecule has 1 unspecified atom stereocenters. The van der Waals surface area contributed by atoms with Crippen LogP contribution < -0.4 is 10.6 Å². The highest BCUT2D eigenvalue weighted by molar-refractivity contribution is 7.91. The summed E-state index contributed by atoms with van der Waals surface area (Å²) in [6.07, 6.45) is 7.50. The van der Waals surface area contributed by atoms with Crippen LogP contribution in [-0.4, -0.2) is 48.3 Å². The van der Waals surface area contributed by atoms with Gasteiger partial charge in [-0.15, -0.1) is 0 Å². The van der Waals surface area contributed by atoms with Crippen LogP contribution in [0.5, 0.6) is 0 Å². The normalized spacial score (nSPS) is 24.4. The van der Waals surface area contributed by atoms with Gasteiger partial charge in [0.25, 0.3) is 0 Å². The Bertz CT molecular complexity index is 676. The first-order valence-electron chi connectivity index (χ1n) is 8.74. The maximum Gasteiger partial charge on any atom is 0.191 e. The highest BCUT2D eigenvalue weighted by Gasteiger charge is 2.28.